The Labute approximate surface area is 159 Å². The molecule has 0 aliphatic rings. The number of ether oxygens (including phenoxy) is 1. The quantitative estimate of drug-likeness (QED) is 0.263. The first kappa shape index (κ1) is 20.1. The van der Waals surface area contributed by atoms with Crippen molar-refractivity contribution in [1.82, 2.24) is 15.6 Å². The second kappa shape index (κ2) is 10.7. The Morgan fingerprint density at radius 2 is 2.17 bits per heavy atom. The number of rotatable bonds is 7. The van der Waals surface area contributed by atoms with E-state index in [1.807, 2.05) is 24.4 Å². The maximum absolute atomic E-state index is 6.07. The standard InChI is InChI=1S/C16H23ClN4O.HI/c1-3-18-16(20-8-9-22-2)19-7-6-12-11-21-15-5-4-13(17)10-14(12)15;/h4-5,10-11,21H,3,6-9H2,1-2H3,(H2,18,19,20);1H. The van der Waals surface area contributed by atoms with E-state index in [9.17, 15) is 0 Å². The van der Waals surface area contributed by atoms with Crippen molar-refractivity contribution in [2.24, 2.45) is 4.99 Å². The minimum absolute atomic E-state index is 0. The van der Waals surface area contributed by atoms with Crippen molar-refractivity contribution < 1.29 is 4.74 Å². The smallest absolute Gasteiger partial charge is 0.191 e. The van der Waals surface area contributed by atoms with Crippen molar-refractivity contribution in [3.05, 3.63) is 35.0 Å². The lowest BCUT2D eigenvalue weighted by atomic mass is 10.1. The predicted molar refractivity (Wildman–Crippen MR) is 108 cm³/mol. The van der Waals surface area contributed by atoms with E-state index >= 15 is 0 Å². The molecule has 2 aromatic rings. The Hall–Kier alpha value is -0.990. The Kier molecular flexibility index (Phi) is 9.35. The Morgan fingerprint density at radius 3 is 2.91 bits per heavy atom. The fourth-order valence-corrected chi connectivity index (χ4v) is 2.44. The van der Waals surface area contributed by atoms with Gasteiger partial charge in [0.15, 0.2) is 5.96 Å². The number of nitrogens with one attached hydrogen (secondary N) is 3. The first-order valence-electron chi connectivity index (χ1n) is 7.51. The van der Waals surface area contributed by atoms with Gasteiger partial charge in [0.2, 0.25) is 0 Å². The molecule has 0 atom stereocenters. The van der Waals surface area contributed by atoms with Crippen LogP contribution in [0, 0.1) is 0 Å². The molecule has 0 unspecified atom stereocenters. The largest absolute Gasteiger partial charge is 0.383 e. The molecule has 7 heteroatoms. The van der Waals surface area contributed by atoms with E-state index in [4.69, 9.17) is 16.3 Å². The van der Waals surface area contributed by atoms with Crippen LogP contribution in [0.25, 0.3) is 10.9 Å². The summed E-state index contributed by atoms with van der Waals surface area (Å²) in [5, 5.41) is 8.49. The van der Waals surface area contributed by atoms with E-state index < -0.39 is 0 Å². The van der Waals surface area contributed by atoms with E-state index in [2.05, 4.69) is 27.5 Å². The van der Waals surface area contributed by atoms with Gasteiger partial charge in [-0.05, 0) is 37.1 Å². The summed E-state index contributed by atoms with van der Waals surface area (Å²) in [5.74, 6) is 0.817. The summed E-state index contributed by atoms with van der Waals surface area (Å²) in [4.78, 5) is 7.71. The predicted octanol–water partition coefficient (Wildman–Crippen LogP) is 3.18. The normalized spacial score (nSPS) is 11.3. The fraction of sp³-hybridized carbons (Fsp3) is 0.438. The van der Waals surface area contributed by atoms with Gasteiger partial charge < -0.3 is 20.4 Å². The average molecular weight is 451 g/mol. The van der Waals surface area contributed by atoms with Crippen LogP contribution in [0.15, 0.2) is 29.4 Å². The highest BCUT2D eigenvalue weighted by molar-refractivity contribution is 14.0. The molecule has 0 saturated heterocycles. The molecular formula is C16H24ClIN4O. The number of aromatic amines is 1. The number of benzene rings is 1. The number of hydrogen-bond acceptors (Lipinski definition) is 2. The summed E-state index contributed by atoms with van der Waals surface area (Å²) in [6.45, 7) is 4.96. The molecule has 23 heavy (non-hydrogen) atoms. The lowest BCUT2D eigenvalue weighted by Gasteiger charge is -2.11. The van der Waals surface area contributed by atoms with Crippen LogP contribution < -0.4 is 10.6 Å². The molecule has 5 nitrogen and oxygen atoms in total. The summed E-state index contributed by atoms with van der Waals surface area (Å²) in [6, 6.07) is 5.90. The van der Waals surface area contributed by atoms with Gasteiger partial charge in [-0.25, -0.2) is 0 Å². The fourth-order valence-electron chi connectivity index (χ4n) is 2.26. The zero-order valence-corrected chi connectivity index (χ0v) is 16.6. The molecule has 1 aromatic heterocycles. The molecule has 3 N–H and O–H groups in total. The average Bonchev–Trinajstić information content (AvgIpc) is 2.90. The second-order valence-electron chi connectivity index (χ2n) is 4.93. The summed E-state index contributed by atoms with van der Waals surface area (Å²) >= 11 is 6.07. The van der Waals surface area contributed by atoms with Crippen molar-refractivity contribution in [2.45, 2.75) is 13.3 Å². The van der Waals surface area contributed by atoms with E-state index in [1.54, 1.807) is 7.11 Å². The van der Waals surface area contributed by atoms with Crippen molar-refractivity contribution in [2.75, 3.05) is 33.4 Å². The maximum atomic E-state index is 6.07. The van der Waals surface area contributed by atoms with Crippen LogP contribution in [0.2, 0.25) is 5.02 Å². The van der Waals surface area contributed by atoms with Gasteiger partial charge in [-0.1, -0.05) is 11.6 Å². The molecule has 1 aromatic carbocycles. The number of aliphatic imine (C=N–C) groups is 1. The Morgan fingerprint density at radius 1 is 1.35 bits per heavy atom. The molecular weight excluding hydrogens is 427 g/mol. The number of H-pyrrole nitrogens is 1. The van der Waals surface area contributed by atoms with Crippen LogP contribution in [0.3, 0.4) is 0 Å². The molecule has 0 fully saturated rings. The molecule has 128 valence electrons. The third-order valence-electron chi connectivity index (χ3n) is 3.33. The van der Waals surface area contributed by atoms with E-state index in [-0.39, 0.29) is 24.0 Å². The number of aromatic nitrogens is 1. The zero-order valence-electron chi connectivity index (χ0n) is 13.5. The van der Waals surface area contributed by atoms with Crippen LogP contribution in [0.5, 0.6) is 0 Å². The molecule has 0 spiro atoms. The Balaban J connectivity index is 0.00000264. The highest BCUT2D eigenvalue weighted by atomic mass is 127. The molecule has 0 bridgehead atoms. The maximum Gasteiger partial charge on any atom is 0.191 e. The minimum atomic E-state index is 0. The van der Waals surface area contributed by atoms with Crippen LogP contribution in [-0.2, 0) is 11.2 Å². The monoisotopic (exact) mass is 450 g/mol. The van der Waals surface area contributed by atoms with Crippen molar-refractivity contribution >= 4 is 52.4 Å². The second-order valence-corrected chi connectivity index (χ2v) is 5.37. The molecule has 0 aliphatic carbocycles. The van der Waals surface area contributed by atoms with Gasteiger partial charge in [-0.3, -0.25) is 4.99 Å². The van der Waals surface area contributed by atoms with E-state index in [0.29, 0.717) is 13.2 Å². The van der Waals surface area contributed by atoms with Crippen LogP contribution in [0.1, 0.15) is 12.5 Å². The first-order chi connectivity index (χ1) is 10.7. The van der Waals surface area contributed by atoms with Gasteiger partial charge in [0.05, 0.1) is 13.2 Å². The minimum Gasteiger partial charge on any atom is -0.383 e. The first-order valence-corrected chi connectivity index (χ1v) is 7.89. The van der Waals surface area contributed by atoms with E-state index in [1.165, 1.54) is 10.9 Å². The number of hydrogen-bond donors (Lipinski definition) is 3. The lowest BCUT2D eigenvalue weighted by molar-refractivity contribution is 0.208. The van der Waals surface area contributed by atoms with Crippen LogP contribution >= 0.6 is 35.6 Å². The third-order valence-corrected chi connectivity index (χ3v) is 3.56. The molecule has 1 heterocycles. The zero-order chi connectivity index (χ0) is 15.8. The lowest BCUT2D eigenvalue weighted by Crippen LogP contribution is -2.38. The highest BCUT2D eigenvalue weighted by Crippen LogP contribution is 2.22. The molecule has 0 aliphatic heterocycles. The summed E-state index contributed by atoms with van der Waals surface area (Å²) < 4.78 is 5.01. The van der Waals surface area contributed by atoms with Gasteiger partial charge in [0.25, 0.3) is 0 Å². The number of nitrogens with zero attached hydrogens (tertiary/aromatic N) is 1. The summed E-state index contributed by atoms with van der Waals surface area (Å²) in [6.07, 6.45) is 2.94. The molecule has 0 amide bonds. The van der Waals surface area contributed by atoms with Crippen LogP contribution in [-0.4, -0.2) is 44.3 Å². The van der Waals surface area contributed by atoms with Gasteiger partial charge in [0, 0.05) is 42.3 Å². The van der Waals surface area contributed by atoms with E-state index in [0.717, 1.165) is 36.0 Å². The third kappa shape index (κ3) is 6.19. The van der Waals surface area contributed by atoms with Gasteiger partial charge in [-0.2, -0.15) is 0 Å². The molecule has 0 saturated carbocycles. The van der Waals surface area contributed by atoms with Crippen LogP contribution in [0.4, 0.5) is 0 Å². The number of fused-ring (bicyclic) bond motifs is 1. The van der Waals surface area contributed by atoms with Crippen molar-refractivity contribution in [3.63, 3.8) is 0 Å². The SMILES string of the molecule is CCNC(=NCCOC)NCCc1c[nH]c2ccc(Cl)cc12.I. The summed E-state index contributed by atoms with van der Waals surface area (Å²) in [5.41, 5.74) is 2.36. The topological polar surface area (TPSA) is 61.4 Å². The number of halogens is 2. The van der Waals surface area contributed by atoms with Crippen molar-refractivity contribution in [1.29, 1.82) is 0 Å². The van der Waals surface area contributed by atoms with Gasteiger partial charge in [0.1, 0.15) is 0 Å². The highest BCUT2D eigenvalue weighted by Gasteiger charge is 2.05. The number of methoxy groups -OCH3 is 1. The van der Waals surface area contributed by atoms with Gasteiger partial charge >= 0.3 is 0 Å². The molecule has 0 radical (unpaired) electrons. The Bertz CT molecular complexity index is 630. The molecule has 2 rings (SSSR count). The van der Waals surface area contributed by atoms with Crippen molar-refractivity contribution in [3.8, 4) is 0 Å². The van der Waals surface area contributed by atoms with Gasteiger partial charge in [-0.15, -0.1) is 24.0 Å². The number of guanidine groups is 1. The summed E-state index contributed by atoms with van der Waals surface area (Å²) in [7, 11) is 1.68.